The van der Waals surface area contributed by atoms with Crippen LogP contribution in [0.25, 0.3) is 6.08 Å². The molecule has 3 aromatic rings. The molecule has 0 N–H and O–H groups in total. The first-order valence-electron chi connectivity index (χ1n) is 9.33. The number of carbonyl (C=O) groups is 1. The van der Waals surface area contributed by atoms with Crippen molar-refractivity contribution in [2.24, 2.45) is 0 Å². The van der Waals surface area contributed by atoms with Gasteiger partial charge in [-0.1, -0.05) is 78.6 Å². The van der Waals surface area contributed by atoms with Crippen LogP contribution >= 0.6 is 35.7 Å². The minimum absolute atomic E-state index is 0.110. The molecule has 1 aliphatic rings. The lowest BCUT2D eigenvalue weighted by molar-refractivity contribution is -0.113. The van der Waals surface area contributed by atoms with Gasteiger partial charge in [-0.3, -0.25) is 9.69 Å². The van der Waals surface area contributed by atoms with Gasteiger partial charge in [0.05, 0.1) is 10.6 Å². The summed E-state index contributed by atoms with van der Waals surface area (Å²) in [5.74, 6) is 0.622. The summed E-state index contributed by atoms with van der Waals surface area (Å²) >= 11 is 8.46. The molecular formula is C24H19NO2S3. The number of thiocarbonyl (C=S) groups is 1. The third-order valence-electron chi connectivity index (χ3n) is 4.55. The lowest BCUT2D eigenvalue weighted by Gasteiger charge is -2.15. The van der Waals surface area contributed by atoms with Crippen molar-refractivity contribution in [3.8, 4) is 5.75 Å². The van der Waals surface area contributed by atoms with Gasteiger partial charge in [-0.05, 0) is 42.2 Å². The Morgan fingerprint density at radius 1 is 1.03 bits per heavy atom. The molecule has 0 radical (unpaired) electrons. The van der Waals surface area contributed by atoms with Crippen LogP contribution in [-0.4, -0.2) is 16.5 Å². The first kappa shape index (κ1) is 20.7. The number of amides is 1. The largest absolute Gasteiger partial charge is 0.488 e. The molecule has 0 spiro atoms. The van der Waals surface area contributed by atoms with Crippen LogP contribution in [0.2, 0.25) is 0 Å². The highest BCUT2D eigenvalue weighted by Crippen LogP contribution is 2.38. The zero-order valence-electron chi connectivity index (χ0n) is 16.3. The second-order valence-corrected chi connectivity index (χ2v) is 9.09. The first-order valence-corrected chi connectivity index (χ1v) is 11.8. The smallest absolute Gasteiger partial charge is 0.270 e. The number of rotatable bonds is 6. The molecule has 1 heterocycles. The Morgan fingerprint density at radius 2 is 1.80 bits per heavy atom. The standard InChI is InChI=1S/C24H19NO2S3/c1-29-20-12-7-11-19(15-20)25-23(26)22(30-24(25)28)14-18-10-5-6-13-21(18)27-16-17-8-3-2-4-9-17/h2-15H,16H2,1H3/b22-14+. The van der Waals surface area contributed by atoms with Crippen molar-refractivity contribution < 1.29 is 9.53 Å². The summed E-state index contributed by atoms with van der Waals surface area (Å²) in [5.41, 5.74) is 2.74. The van der Waals surface area contributed by atoms with Gasteiger partial charge in [0.15, 0.2) is 4.32 Å². The molecule has 1 amide bonds. The SMILES string of the molecule is CSc1cccc(N2C(=O)/C(=C\c3ccccc3OCc3ccccc3)SC2=S)c1. The third kappa shape index (κ3) is 4.61. The van der Waals surface area contributed by atoms with Crippen molar-refractivity contribution in [2.75, 3.05) is 11.2 Å². The van der Waals surface area contributed by atoms with E-state index < -0.39 is 0 Å². The predicted octanol–water partition coefficient (Wildman–Crippen LogP) is 6.39. The molecule has 3 aromatic carbocycles. The number of benzene rings is 3. The van der Waals surface area contributed by atoms with E-state index in [9.17, 15) is 4.79 Å². The Hall–Kier alpha value is -2.54. The molecule has 4 rings (SSSR count). The van der Waals surface area contributed by atoms with E-state index in [4.69, 9.17) is 17.0 Å². The lowest BCUT2D eigenvalue weighted by Crippen LogP contribution is -2.27. The Labute approximate surface area is 190 Å². The average Bonchev–Trinajstić information content (AvgIpc) is 3.06. The molecule has 0 aliphatic carbocycles. The highest BCUT2D eigenvalue weighted by molar-refractivity contribution is 8.27. The normalized spacial score (nSPS) is 15.1. The van der Waals surface area contributed by atoms with E-state index in [0.717, 1.165) is 27.5 Å². The zero-order chi connectivity index (χ0) is 20.9. The summed E-state index contributed by atoms with van der Waals surface area (Å²) in [4.78, 5) is 16.4. The van der Waals surface area contributed by atoms with Gasteiger partial charge >= 0.3 is 0 Å². The number of nitrogens with zero attached hydrogens (tertiary/aromatic N) is 1. The highest BCUT2D eigenvalue weighted by atomic mass is 32.2. The molecule has 150 valence electrons. The molecule has 1 saturated heterocycles. The van der Waals surface area contributed by atoms with E-state index >= 15 is 0 Å². The van der Waals surface area contributed by atoms with Crippen molar-refractivity contribution in [3.05, 3.63) is 94.9 Å². The molecule has 6 heteroatoms. The van der Waals surface area contributed by atoms with Crippen molar-refractivity contribution in [3.63, 3.8) is 0 Å². The fourth-order valence-electron chi connectivity index (χ4n) is 3.05. The fourth-order valence-corrected chi connectivity index (χ4v) is 4.79. The number of carbonyl (C=O) groups excluding carboxylic acids is 1. The molecular weight excluding hydrogens is 430 g/mol. The molecule has 3 nitrogen and oxygen atoms in total. The van der Waals surface area contributed by atoms with Gasteiger partial charge in [0.2, 0.25) is 0 Å². The second kappa shape index (κ2) is 9.51. The number of thioether (sulfide) groups is 2. The summed E-state index contributed by atoms with van der Waals surface area (Å²) in [6, 6.07) is 25.6. The Bertz CT molecular complexity index is 1110. The minimum atomic E-state index is -0.110. The molecule has 0 atom stereocenters. The summed E-state index contributed by atoms with van der Waals surface area (Å²) in [6.07, 6.45) is 3.87. The van der Waals surface area contributed by atoms with Gasteiger partial charge < -0.3 is 4.74 Å². The number of hydrogen-bond acceptors (Lipinski definition) is 5. The first-order chi connectivity index (χ1) is 14.7. The van der Waals surface area contributed by atoms with Crippen LogP contribution in [-0.2, 0) is 11.4 Å². The van der Waals surface area contributed by atoms with Crippen LogP contribution in [0.3, 0.4) is 0 Å². The lowest BCUT2D eigenvalue weighted by atomic mass is 10.1. The van der Waals surface area contributed by atoms with E-state index in [1.807, 2.05) is 91.2 Å². The van der Waals surface area contributed by atoms with E-state index in [1.54, 1.807) is 16.7 Å². The summed E-state index contributed by atoms with van der Waals surface area (Å²) in [5, 5.41) is 0. The Balaban J connectivity index is 1.58. The maximum absolute atomic E-state index is 13.1. The molecule has 0 saturated carbocycles. The number of anilines is 1. The highest BCUT2D eigenvalue weighted by Gasteiger charge is 2.33. The van der Waals surface area contributed by atoms with E-state index in [0.29, 0.717) is 15.8 Å². The van der Waals surface area contributed by atoms with Gasteiger partial charge in [0.25, 0.3) is 5.91 Å². The summed E-state index contributed by atoms with van der Waals surface area (Å²) in [7, 11) is 0. The molecule has 1 fully saturated rings. The van der Waals surface area contributed by atoms with E-state index in [-0.39, 0.29) is 5.91 Å². The van der Waals surface area contributed by atoms with Crippen molar-refractivity contribution in [1.29, 1.82) is 0 Å². The summed E-state index contributed by atoms with van der Waals surface area (Å²) in [6.45, 7) is 0.466. The van der Waals surface area contributed by atoms with E-state index in [2.05, 4.69) is 0 Å². The van der Waals surface area contributed by atoms with Gasteiger partial charge in [0.1, 0.15) is 12.4 Å². The molecule has 0 unspecified atom stereocenters. The van der Waals surface area contributed by atoms with Crippen LogP contribution in [0.4, 0.5) is 5.69 Å². The maximum atomic E-state index is 13.1. The quantitative estimate of drug-likeness (QED) is 0.247. The predicted molar refractivity (Wildman–Crippen MR) is 131 cm³/mol. The Kier molecular flexibility index (Phi) is 6.57. The monoisotopic (exact) mass is 449 g/mol. The van der Waals surface area contributed by atoms with Crippen LogP contribution in [0, 0.1) is 0 Å². The van der Waals surface area contributed by atoms with Gasteiger partial charge in [-0.15, -0.1) is 11.8 Å². The summed E-state index contributed by atoms with van der Waals surface area (Å²) < 4.78 is 6.56. The van der Waals surface area contributed by atoms with Crippen molar-refractivity contribution in [2.45, 2.75) is 11.5 Å². The van der Waals surface area contributed by atoms with Crippen LogP contribution < -0.4 is 9.64 Å². The Morgan fingerprint density at radius 3 is 2.60 bits per heavy atom. The number of ether oxygens (including phenoxy) is 1. The van der Waals surface area contributed by atoms with Crippen LogP contribution in [0.5, 0.6) is 5.75 Å². The van der Waals surface area contributed by atoms with Gasteiger partial charge in [0, 0.05) is 10.5 Å². The fraction of sp³-hybridized carbons (Fsp3) is 0.0833. The number of hydrogen-bond donors (Lipinski definition) is 0. The van der Waals surface area contributed by atoms with Crippen LogP contribution in [0.1, 0.15) is 11.1 Å². The van der Waals surface area contributed by atoms with Gasteiger partial charge in [-0.25, -0.2) is 0 Å². The van der Waals surface area contributed by atoms with E-state index in [1.165, 1.54) is 11.8 Å². The molecule has 0 bridgehead atoms. The molecule has 30 heavy (non-hydrogen) atoms. The number of para-hydroxylation sites is 1. The second-order valence-electron chi connectivity index (χ2n) is 6.53. The maximum Gasteiger partial charge on any atom is 0.270 e. The topological polar surface area (TPSA) is 29.5 Å². The molecule has 0 aromatic heterocycles. The minimum Gasteiger partial charge on any atom is -0.488 e. The van der Waals surface area contributed by atoms with Gasteiger partial charge in [-0.2, -0.15) is 0 Å². The zero-order valence-corrected chi connectivity index (χ0v) is 18.7. The molecule has 1 aliphatic heterocycles. The van der Waals surface area contributed by atoms with Crippen LogP contribution in [0.15, 0.2) is 88.7 Å². The third-order valence-corrected chi connectivity index (χ3v) is 6.58. The average molecular weight is 450 g/mol. The van der Waals surface area contributed by atoms with Crippen molar-refractivity contribution in [1.82, 2.24) is 0 Å². The van der Waals surface area contributed by atoms with Crippen molar-refractivity contribution >= 4 is 57.7 Å².